The Morgan fingerprint density at radius 1 is 0.923 bits per heavy atom. The molecule has 1 N–H and O–H groups in total. The van der Waals surface area contributed by atoms with Gasteiger partial charge in [0.15, 0.2) is 16.6 Å². The molecule has 200 valence electrons. The number of halogens is 2. The average molecular weight is 584 g/mol. The molecule has 0 saturated carbocycles. The number of nitrogens with zero attached hydrogens (tertiary/aromatic N) is 3. The lowest BCUT2D eigenvalue weighted by Crippen LogP contribution is -2.57. The summed E-state index contributed by atoms with van der Waals surface area (Å²) < 4.78 is 10.6. The van der Waals surface area contributed by atoms with Crippen LogP contribution in [0.2, 0.25) is 10.0 Å². The van der Waals surface area contributed by atoms with Gasteiger partial charge in [0, 0.05) is 23.8 Å². The number of morpholine rings is 1. The molecule has 0 spiro atoms. The number of thiocarbonyl (C=S) groups is 1. The normalized spacial score (nSPS) is 17.3. The predicted molar refractivity (Wildman–Crippen MR) is 156 cm³/mol. The van der Waals surface area contributed by atoms with Crippen molar-refractivity contribution in [2.24, 2.45) is 0 Å². The zero-order valence-corrected chi connectivity index (χ0v) is 23.1. The molecule has 3 aromatic carbocycles. The molecule has 39 heavy (non-hydrogen) atoms. The SMILES string of the molecule is COc1cc(/C=C2\C(=O)N(c3ccc(N4CCOCC4)cc3)C(=S)N(c3cc(Cl)ccc3Cl)C2=O)ccc1O. The van der Waals surface area contributed by atoms with E-state index in [4.69, 9.17) is 44.9 Å². The van der Waals surface area contributed by atoms with Gasteiger partial charge in [0.25, 0.3) is 11.8 Å². The second-order valence-electron chi connectivity index (χ2n) is 8.76. The summed E-state index contributed by atoms with van der Waals surface area (Å²) in [6.07, 6.45) is 1.43. The number of rotatable bonds is 5. The maximum Gasteiger partial charge on any atom is 0.270 e. The topological polar surface area (TPSA) is 82.6 Å². The molecule has 2 aliphatic rings. The molecule has 0 aliphatic carbocycles. The summed E-state index contributed by atoms with van der Waals surface area (Å²) in [5, 5.41) is 10.5. The lowest BCUT2D eigenvalue weighted by atomic mass is 10.0. The summed E-state index contributed by atoms with van der Waals surface area (Å²) in [6, 6.07) is 16.5. The van der Waals surface area contributed by atoms with Crippen molar-refractivity contribution in [1.29, 1.82) is 0 Å². The van der Waals surface area contributed by atoms with Crippen molar-refractivity contribution < 1.29 is 24.2 Å². The third-order valence-electron chi connectivity index (χ3n) is 6.40. The lowest BCUT2D eigenvalue weighted by Gasteiger charge is -2.37. The summed E-state index contributed by atoms with van der Waals surface area (Å²) in [5.41, 5.74) is 2.01. The number of carbonyl (C=O) groups is 2. The first-order valence-electron chi connectivity index (χ1n) is 12.0. The number of phenols is 1. The van der Waals surface area contributed by atoms with Crippen LogP contribution in [0.25, 0.3) is 6.08 Å². The molecular weight excluding hydrogens is 561 g/mol. The van der Waals surface area contributed by atoms with E-state index in [1.807, 2.05) is 12.1 Å². The van der Waals surface area contributed by atoms with Crippen molar-refractivity contribution in [3.8, 4) is 11.5 Å². The summed E-state index contributed by atoms with van der Waals surface area (Å²) >= 11 is 18.4. The minimum Gasteiger partial charge on any atom is -0.504 e. The highest BCUT2D eigenvalue weighted by atomic mass is 35.5. The van der Waals surface area contributed by atoms with E-state index in [2.05, 4.69) is 4.90 Å². The monoisotopic (exact) mass is 583 g/mol. The largest absolute Gasteiger partial charge is 0.504 e. The van der Waals surface area contributed by atoms with Gasteiger partial charge in [-0.05, 0) is 78.5 Å². The third kappa shape index (κ3) is 5.31. The minimum absolute atomic E-state index is 0.0614. The van der Waals surface area contributed by atoms with Gasteiger partial charge < -0.3 is 19.5 Å². The standard InChI is InChI=1S/C28H23Cl2N3O5S/c1-37-25-15-17(2-9-24(25)34)14-21-26(35)32(20-6-4-19(5-7-20)31-10-12-38-13-11-31)28(39)33(27(21)36)23-16-18(29)3-8-22(23)30/h2-9,14-16,34H,10-13H2,1H3/b21-14+. The van der Waals surface area contributed by atoms with E-state index in [1.54, 1.807) is 30.3 Å². The minimum atomic E-state index is -0.664. The quantitative estimate of drug-likeness (QED) is 0.248. The molecule has 3 aromatic rings. The Bertz CT molecular complexity index is 1490. The Balaban J connectivity index is 1.60. The van der Waals surface area contributed by atoms with Crippen molar-refractivity contribution in [3.05, 3.63) is 81.8 Å². The van der Waals surface area contributed by atoms with Crippen LogP contribution in [0.3, 0.4) is 0 Å². The molecule has 0 aromatic heterocycles. The fraction of sp³-hybridized carbons (Fsp3) is 0.179. The number of hydrogen-bond acceptors (Lipinski definition) is 7. The summed E-state index contributed by atoms with van der Waals surface area (Å²) in [7, 11) is 1.41. The van der Waals surface area contributed by atoms with Crippen LogP contribution < -0.4 is 19.4 Å². The summed E-state index contributed by atoms with van der Waals surface area (Å²) in [5.74, 6) is -1.15. The van der Waals surface area contributed by atoms with Gasteiger partial charge in [-0.3, -0.25) is 19.4 Å². The van der Waals surface area contributed by atoms with Crippen LogP contribution in [0.15, 0.2) is 66.2 Å². The van der Waals surface area contributed by atoms with E-state index >= 15 is 0 Å². The zero-order chi connectivity index (χ0) is 27.7. The van der Waals surface area contributed by atoms with E-state index in [1.165, 1.54) is 41.2 Å². The predicted octanol–water partition coefficient (Wildman–Crippen LogP) is 5.29. The number of anilines is 3. The average Bonchev–Trinajstić information content (AvgIpc) is 2.94. The summed E-state index contributed by atoms with van der Waals surface area (Å²) in [6.45, 7) is 2.81. The van der Waals surface area contributed by atoms with Crippen molar-refractivity contribution in [3.63, 3.8) is 0 Å². The van der Waals surface area contributed by atoms with Gasteiger partial charge in [0.05, 0.1) is 36.7 Å². The molecule has 11 heteroatoms. The van der Waals surface area contributed by atoms with Gasteiger partial charge >= 0.3 is 0 Å². The van der Waals surface area contributed by atoms with Crippen molar-refractivity contribution in [2.45, 2.75) is 0 Å². The van der Waals surface area contributed by atoms with E-state index in [-0.39, 0.29) is 32.9 Å². The van der Waals surface area contributed by atoms with Crippen LogP contribution in [-0.4, -0.2) is 55.4 Å². The summed E-state index contributed by atoms with van der Waals surface area (Å²) in [4.78, 5) is 32.3. The molecular formula is C28H23Cl2N3O5S. The van der Waals surface area contributed by atoms with Gasteiger partial charge in [0.2, 0.25) is 0 Å². The van der Waals surface area contributed by atoms with Crippen LogP contribution in [0.4, 0.5) is 17.1 Å². The maximum absolute atomic E-state index is 13.8. The Morgan fingerprint density at radius 3 is 2.28 bits per heavy atom. The fourth-order valence-corrected chi connectivity index (χ4v) is 5.15. The molecule has 2 fully saturated rings. The third-order valence-corrected chi connectivity index (χ3v) is 7.32. The van der Waals surface area contributed by atoms with Crippen LogP contribution in [-0.2, 0) is 14.3 Å². The Labute approximate surface area is 240 Å². The lowest BCUT2D eigenvalue weighted by molar-refractivity contribution is -0.120. The first-order valence-corrected chi connectivity index (χ1v) is 13.1. The highest BCUT2D eigenvalue weighted by Crippen LogP contribution is 2.36. The molecule has 2 saturated heterocycles. The van der Waals surface area contributed by atoms with E-state index in [0.29, 0.717) is 29.5 Å². The number of methoxy groups -OCH3 is 1. The zero-order valence-electron chi connectivity index (χ0n) is 20.8. The van der Waals surface area contributed by atoms with Gasteiger partial charge in [-0.1, -0.05) is 29.3 Å². The van der Waals surface area contributed by atoms with Crippen molar-refractivity contribution >= 4 is 75.5 Å². The first kappa shape index (κ1) is 27.0. The number of amides is 2. The smallest absolute Gasteiger partial charge is 0.270 e. The molecule has 5 rings (SSSR count). The number of phenolic OH excluding ortho intramolecular Hbond substituents is 1. The van der Waals surface area contributed by atoms with Gasteiger partial charge in [-0.15, -0.1) is 0 Å². The Kier molecular flexibility index (Phi) is 7.76. The molecule has 0 unspecified atom stereocenters. The molecule has 0 atom stereocenters. The molecule has 0 radical (unpaired) electrons. The van der Waals surface area contributed by atoms with Crippen molar-refractivity contribution in [1.82, 2.24) is 0 Å². The number of ether oxygens (including phenoxy) is 2. The number of hydrogen-bond donors (Lipinski definition) is 1. The number of carbonyl (C=O) groups excluding carboxylic acids is 2. The van der Waals surface area contributed by atoms with Crippen LogP contribution >= 0.6 is 35.4 Å². The molecule has 2 heterocycles. The second-order valence-corrected chi connectivity index (χ2v) is 9.97. The molecule has 2 amide bonds. The van der Waals surface area contributed by atoms with Crippen LogP contribution in [0.1, 0.15) is 5.56 Å². The highest BCUT2D eigenvalue weighted by Gasteiger charge is 2.42. The van der Waals surface area contributed by atoms with Crippen LogP contribution in [0.5, 0.6) is 11.5 Å². The van der Waals surface area contributed by atoms with Gasteiger partial charge in [-0.25, -0.2) is 0 Å². The van der Waals surface area contributed by atoms with E-state index in [0.717, 1.165) is 18.8 Å². The van der Waals surface area contributed by atoms with E-state index < -0.39 is 11.8 Å². The van der Waals surface area contributed by atoms with Gasteiger partial charge in [0.1, 0.15) is 5.57 Å². The Morgan fingerprint density at radius 2 is 1.59 bits per heavy atom. The molecule has 8 nitrogen and oxygen atoms in total. The first-order chi connectivity index (χ1) is 18.8. The van der Waals surface area contributed by atoms with Crippen LogP contribution in [0, 0.1) is 0 Å². The number of aromatic hydroxyl groups is 1. The Hall–Kier alpha value is -3.63. The highest BCUT2D eigenvalue weighted by molar-refractivity contribution is 7.81. The molecule has 0 bridgehead atoms. The molecule has 2 aliphatic heterocycles. The number of benzene rings is 3. The van der Waals surface area contributed by atoms with Gasteiger partial charge in [-0.2, -0.15) is 0 Å². The second kappa shape index (κ2) is 11.2. The van der Waals surface area contributed by atoms with E-state index in [9.17, 15) is 14.7 Å². The fourth-order valence-electron chi connectivity index (χ4n) is 4.41. The van der Waals surface area contributed by atoms with Crippen molar-refractivity contribution in [2.75, 3.05) is 48.1 Å². The maximum atomic E-state index is 13.8.